The van der Waals surface area contributed by atoms with E-state index in [2.05, 4.69) is 10.1 Å². The average Bonchev–Trinajstić information content (AvgIpc) is 2.85. The molecule has 1 saturated heterocycles. The molecule has 116 valence electrons. The summed E-state index contributed by atoms with van der Waals surface area (Å²) in [5.41, 5.74) is 0.898. The van der Waals surface area contributed by atoms with Crippen LogP contribution in [0.4, 0.5) is 4.79 Å². The second-order valence-electron chi connectivity index (χ2n) is 5.52. The first kappa shape index (κ1) is 14.4. The van der Waals surface area contributed by atoms with Crippen molar-refractivity contribution in [3.63, 3.8) is 0 Å². The van der Waals surface area contributed by atoms with Crippen molar-refractivity contribution < 1.29 is 14.2 Å². The van der Waals surface area contributed by atoms with E-state index in [1.165, 1.54) is 9.80 Å². The lowest BCUT2D eigenvalue weighted by atomic mass is 10.1. The number of fused-ring (bicyclic) bond motifs is 2. The van der Waals surface area contributed by atoms with Crippen LogP contribution >= 0.6 is 0 Å². The Bertz CT molecular complexity index is 675. The van der Waals surface area contributed by atoms with Crippen LogP contribution < -0.4 is 0 Å². The molecule has 8 heteroatoms. The topological polar surface area (TPSA) is 71.6 Å². The summed E-state index contributed by atoms with van der Waals surface area (Å²) in [5.74, 6) is 0.836. The Morgan fingerprint density at radius 3 is 2.77 bits per heavy atom. The smallest absolute Gasteiger partial charge is 0.270 e. The zero-order valence-electron chi connectivity index (χ0n) is 13.1. The van der Waals surface area contributed by atoms with Crippen molar-refractivity contribution >= 4 is 29.4 Å². The molecule has 3 amide bonds. The average molecular weight is 303 g/mol. The Morgan fingerprint density at radius 2 is 2.09 bits per heavy atom. The van der Waals surface area contributed by atoms with Gasteiger partial charge >= 0.3 is 12.0 Å². The molecule has 0 radical (unpaired) electrons. The van der Waals surface area contributed by atoms with Gasteiger partial charge in [0.05, 0.1) is 12.8 Å². The zero-order chi connectivity index (χ0) is 16.0. The fraction of sp³-hybridized carbons (Fsp3) is 0.500. The minimum absolute atomic E-state index is 0.238. The quantitative estimate of drug-likeness (QED) is 0.529. The van der Waals surface area contributed by atoms with Crippen molar-refractivity contribution in [2.24, 2.45) is 10.1 Å². The van der Waals surface area contributed by atoms with Gasteiger partial charge in [-0.2, -0.15) is 0 Å². The minimum atomic E-state index is -0.559. The van der Waals surface area contributed by atoms with Gasteiger partial charge in [-0.25, -0.2) is 9.37 Å². The van der Waals surface area contributed by atoms with Gasteiger partial charge in [-0.3, -0.25) is 14.6 Å². The third-order valence-corrected chi connectivity index (χ3v) is 3.92. The largest absolute Gasteiger partial charge is 0.416 e. The van der Waals surface area contributed by atoms with Gasteiger partial charge in [-0.1, -0.05) is 17.1 Å². The summed E-state index contributed by atoms with van der Waals surface area (Å²) in [7, 11) is 3.44. The van der Waals surface area contributed by atoms with E-state index in [-0.39, 0.29) is 18.5 Å². The molecule has 3 aliphatic heterocycles. The molecule has 0 aromatic rings. The van der Waals surface area contributed by atoms with E-state index in [1.54, 1.807) is 25.2 Å². The molecule has 22 heavy (non-hydrogen) atoms. The molecule has 1 fully saturated rings. The molecule has 0 spiro atoms. The van der Waals surface area contributed by atoms with Crippen LogP contribution in [0.2, 0.25) is 0 Å². The van der Waals surface area contributed by atoms with Crippen molar-refractivity contribution in [2.45, 2.75) is 19.9 Å². The third-order valence-electron chi connectivity index (χ3n) is 3.92. The van der Waals surface area contributed by atoms with Crippen LogP contribution in [0.25, 0.3) is 0 Å². The number of allylic oxidation sites excluding steroid dienone is 1. The highest BCUT2D eigenvalue weighted by molar-refractivity contribution is 6.23. The van der Waals surface area contributed by atoms with Crippen LogP contribution in [0.1, 0.15) is 13.8 Å². The number of hydrazone groups is 1. The maximum absolute atomic E-state index is 12.8. The fourth-order valence-corrected chi connectivity index (χ4v) is 2.88. The molecule has 0 aliphatic carbocycles. The van der Waals surface area contributed by atoms with Gasteiger partial charge in [0.25, 0.3) is 5.91 Å². The van der Waals surface area contributed by atoms with Gasteiger partial charge in [0.15, 0.2) is 0 Å². The summed E-state index contributed by atoms with van der Waals surface area (Å²) in [6, 6.07) is -0.908. The van der Waals surface area contributed by atoms with Crippen molar-refractivity contribution in [1.29, 1.82) is 0 Å². The number of guanidine groups is 1. The summed E-state index contributed by atoms with van der Waals surface area (Å²) in [6.45, 7) is 4.57. The van der Waals surface area contributed by atoms with Crippen LogP contribution in [0.3, 0.4) is 0 Å². The Morgan fingerprint density at radius 1 is 1.36 bits per heavy atom. The second-order valence-corrected chi connectivity index (χ2v) is 5.52. The first-order valence-corrected chi connectivity index (χ1v) is 7.16. The lowest BCUT2D eigenvalue weighted by molar-refractivity contribution is -0.527. The van der Waals surface area contributed by atoms with Gasteiger partial charge in [0.2, 0.25) is 11.9 Å². The maximum atomic E-state index is 12.8. The predicted molar refractivity (Wildman–Crippen MR) is 81.9 cm³/mol. The van der Waals surface area contributed by atoms with Crippen molar-refractivity contribution in [3.8, 4) is 0 Å². The molecular formula is C14H19N6O2+. The highest BCUT2D eigenvalue weighted by atomic mass is 16.2. The van der Waals surface area contributed by atoms with Crippen molar-refractivity contribution in [3.05, 3.63) is 12.2 Å². The van der Waals surface area contributed by atoms with E-state index < -0.39 is 6.04 Å². The standard InChI is InChI=1S/C14H19N6O2/c1-5-6-7-19-12(21)10-11(17(3)14(19)22)15-13-18(4)16-9(2)8-20(10)13/h5-6,10H,7-8H2,1-4H3/q+1/b6-5+. The molecule has 0 aromatic heterocycles. The Balaban J connectivity index is 2.00. The molecule has 8 nitrogen and oxygen atoms in total. The Labute approximate surface area is 128 Å². The second kappa shape index (κ2) is 5.04. The number of nitrogens with zero attached hydrogens (tertiary/aromatic N) is 6. The molecule has 3 rings (SSSR count). The van der Waals surface area contributed by atoms with Crippen LogP contribution in [0, 0.1) is 0 Å². The van der Waals surface area contributed by atoms with Gasteiger partial charge in [0.1, 0.15) is 6.54 Å². The van der Waals surface area contributed by atoms with Crippen LogP contribution in [-0.2, 0) is 4.79 Å². The van der Waals surface area contributed by atoms with Crippen molar-refractivity contribution in [2.75, 3.05) is 27.2 Å². The first-order valence-electron chi connectivity index (χ1n) is 7.16. The number of carbonyl (C=O) groups is 2. The number of amides is 3. The third kappa shape index (κ3) is 1.94. The summed E-state index contributed by atoms with van der Waals surface area (Å²) in [6.07, 6.45) is 3.61. The molecule has 1 atom stereocenters. The lowest BCUT2D eigenvalue weighted by Crippen LogP contribution is -2.63. The van der Waals surface area contributed by atoms with Gasteiger partial charge in [-0.05, 0) is 13.8 Å². The van der Waals surface area contributed by atoms with Gasteiger partial charge in [-0.15, -0.1) is 10.1 Å². The number of hydrogen-bond acceptors (Lipinski definition) is 5. The van der Waals surface area contributed by atoms with Crippen LogP contribution in [-0.4, -0.2) is 82.1 Å². The molecule has 3 heterocycles. The van der Waals surface area contributed by atoms with E-state index in [0.29, 0.717) is 18.3 Å². The summed E-state index contributed by atoms with van der Waals surface area (Å²) >= 11 is 0. The molecule has 0 bridgehead atoms. The van der Waals surface area contributed by atoms with Gasteiger partial charge < -0.3 is 0 Å². The number of likely N-dealkylation sites (N-methyl/N-ethyl adjacent to an activating group) is 1. The normalized spacial score (nSPS) is 24.9. The molecular weight excluding hydrogens is 284 g/mol. The number of rotatable bonds is 2. The van der Waals surface area contributed by atoms with Gasteiger partial charge in [0, 0.05) is 13.6 Å². The number of hydrogen-bond donors (Lipinski definition) is 0. The van der Waals surface area contributed by atoms with E-state index in [1.807, 2.05) is 24.5 Å². The van der Waals surface area contributed by atoms with Crippen LogP contribution in [0.15, 0.2) is 22.2 Å². The van der Waals surface area contributed by atoms with E-state index >= 15 is 0 Å². The van der Waals surface area contributed by atoms with E-state index in [9.17, 15) is 9.59 Å². The lowest BCUT2D eigenvalue weighted by Gasteiger charge is -2.33. The van der Waals surface area contributed by atoms with E-state index in [4.69, 9.17) is 0 Å². The molecule has 1 unspecified atom stereocenters. The highest BCUT2D eigenvalue weighted by Gasteiger charge is 2.53. The number of amidine groups is 1. The maximum Gasteiger partial charge on any atom is 0.416 e. The summed E-state index contributed by atoms with van der Waals surface area (Å²) in [4.78, 5) is 32.3. The predicted octanol–water partition coefficient (Wildman–Crippen LogP) is -0.0730. The monoisotopic (exact) mass is 303 g/mol. The molecule has 0 N–H and O–H groups in total. The van der Waals surface area contributed by atoms with Crippen LogP contribution in [0.5, 0.6) is 0 Å². The minimum Gasteiger partial charge on any atom is -0.270 e. The van der Waals surface area contributed by atoms with E-state index in [0.717, 1.165) is 5.71 Å². The number of imide groups is 1. The number of aliphatic imine (C=N–C) groups is 1. The molecule has 0 aromatic carbocycles. The fourth-order valence-electron chi connectivity index (χ4n) is 2.88. The Hall–Kier alpha value is -2.51. The Kier molecular flexibility index (Phi) is 3.31. The van der Waals surface area contributed by atoms with Crippen molar-refractivity contribution in [1.82, 2.24) is 14.8 Å². The summed E-state index contributed by atoms with van der Waals surface area (Å²) in [5, 5.41) is 5.99. The molecule has 3 aliphatic rings. The first-order chi connectivity index (χ1) is 10.5. The zero-order valence-corrected chi connectivity index (χ0v) is 13.1. The number of carbonyl (C=O) groups excluding carboxylic acids is 2. The number of urea groups is 1. The molecule has 0 saturated carbocycles. The highest BCUT2D eigenvalue weighted by Crippen LogP contribution is 2.22. The SMILES string of the molecule is C/C=C/CN1C(=O)C2C(=NC3=[N+]2CC(C)=NN3C)N(C)C1=O. The summed E-state index contributed by atoms with van der Waals surface area (Å²) < 4.78 is 1.89.